The summed E-state index contributed by atoms with van der Waals surface area (Å²) in [6.07, 6.45) is 0.651. The van der Waals surface area contributed by atoms with Gasteiger partial charge in [0.1, 0.15) is 6.04 Å². The summed E-state index contributed by atoms with van der Waals surface area (Å²) >= 11 is 0. The molecule has 0 heterocycles. The van der Waals surface area contributed by atoms with Crippen LogP contribution < -0.4 is 16.4 Å². The quantitative estimate of drug-likeness (QED) is 0.692. The van der Waals surface area contributed by atoms with Gasteiger partial charge in [0.15, 0.2) is 0 Å². The Morgan fingerprint density at radius 1 is 1.30 bits per heavy atom. The summed E-state index contributed by atoms with van der Waals surface area (Å²) in [4.78, 5) is 22.3. The fourth-order valence-corrected chi connectivity index (χ4v) is 1.89. The standard InChI is InChI=1S/C14H21N3O3/c1-4-12(13(18)20-3)16-9(2)10-5-7-11(8-6-10)17-14(15)19/h5-9,12,16H,4H2,1-3H3,(H3,15,17,19). The molecule has 0 bridgehead atoms. The molecule has 0 aliphatic heterocycles. The fraction of sp³-hybridized carbons (Fsp3) is 0.429. The summed E-state index contributed by atoms with van der Waals surface area (Å²) in [5, 5.41) is 5.70. The Morgan fingerprint density at radius 3 is 2.35 bits per heavy atom. The lowest BCUT2D eigenvalue weighted by molar-refractivity contribution is -0.143. The zero-order chi connectivity index (χ0) is 15.1. The zero-order valence-electron chi connectivity index (χ0n) is 12.0. The minimum absolute atomic E-state index is 0.0123. The van der Waals surface area contributed by atoms with Crippen molar-refractivity contribution in [2.24, 2.45) is 5.73 Å². The number of methoxy groups -OCH3 is 1. The van der Waals surface area contributed by atoms with Crippen LogP contribution >= 0.6 is 0 Å². The predicted octanol–water partition coefficient (Wildman–Crippen LogP) is 1.78. The minimum atomic E-state index is -0.597. The molecule has 20 heavy (non-hydrogen) atoms. The molecule has 1 aromatic carbocycles. The molecule has 6 heteroatoms. The van der Waals surface area contributed by atoms with E-state index in [0.717, 1.165) is 5.56 Å². The highest BCUT2D eigenvalue weighted by Crippen LogP contribution is 2.17. The molecular weight excluding hydrogens is 258 g/mol. The average molecular weight is 279 g/mol. The van der Waals surface area contributed by atoms with Crippen LogP contribution in [-0.2, 0) is 9.53 Å². The zero-order valence-corrected chi connectivity index (χ0v) is 12.0. The molecule has 6 nitrogen and oxygen atoms in total. The van der Waals surface area contributed by atoms with Gasteiger partial charge in [0.05, 0.1) is 7.11 Å². The summed E-state index contributed by atoms with van der Waals surface area (Å²) in [5.41, 5.74) is 6.68. The van der Waals surface area contributed by atoms with Gasteiger partial charge in [0.25, 0.3) is 0 Å². The van der Waals surface area contributed by atoms with E-state index in [4.69, 9.17) is 10.5 Å². The number of ether oxygens (including phenoxy) is 1. The first kappa shape index (κ1) is 16.0. The smallest absolute Gasteiger partial charge is 0.322 e. The number of urea groups is 1. The molecule has 4 N–H and O–H groups in total. The summed E-state index contributed by atoms with van der Waals surface area (Å²) < 4.78 is 4.74. The summed E-state index contributed by atoms with van der Waals surface area (Å²) in [6.45, 7) is 3.88. The Bertz CT molecular complexity index is 459. The second-order valence-electron chi connectivity index (χ2n) is 4.48. The number of carbonyl (C=O) groups excluding carboxylic acids is 2. The van der Waals surface area contributed by atoms with Crippen LogP contribution in [0.5, 0.6) is 0 Å². The maximum Gasteiger partial charge on any atom is 0.322 e. The van der Waals surface area contributed by atoms with Gasteiger partial charge in [0, 0.05) is 11.7 Å². The molecule has 1 aromatic rings. The number of hydrogen-bond donors (Lipinski definition) is 3. The highest BCUT2D eigenvalue weighted by Gasteiger charge is 2.19. The van der Waals surface area contributed by atoms with E-state index in [2.05, 4.69) is 10.6 Å². The van der Waals surface area contributed by atoms with E-state index in [1.54, 1.807) is 12.1 Å². The van der Waals surface area contributed by atoms with Crippen molar-refractivity contribution >= 4 is 17.7 Å². The van der Waals surface area contributed by atoms with Gasteiger partial charge in [-0.25, -0.2) is 4.79 Å². The van der Waals surface area contributed by atoms with E-state index in [1.807, 2.05) is 26.0 Å². The number of anilines is 1. The Kier molecular flexibility index (Phi) is 5.99. The molecular formula is C14H21N3O3. The van der Waals surface area contributed by atoms with Crippen LogP contribution in [0.3, 0.4) is 0 Å². The van der Waals surface area contributed by atoms with Crippen molar-refractivity contribution in [3.8, 4) is 0 Å². The second kappa shape index (κ2) is 7.49. The molecule has 2 unspecified atom stereocenters. The highest BCUT2D eigenvalue weighted by molar-refractivity contribution is 5.87. The first-order valence-corrected chi connectivity index (χ1v) is 6.48. The van der Waals surface area contributed by atoms with Crippen LogP contribution in [0.1, 0.15) is 31.9 Å². The Balaban J connectivity index is 2.69. The van der Waals surface area contributed by atoms with Crippen molar-refractivity contribution in [3.63, 3.8) is 0 Å². The van der Waals surface area contributed by atoms with E-state index in [1.165, 1.54) is 7.11 Å². The number of esters is 1. The summed E-state index contributed by atoms with van der Waals surface area (Å²) in [5.74, 6) is -0.272. The van der Waals surface area contributed by atoms with Crippen molar-refractivity contribution in [2.75, 3.05) is 12.4 Å². The van der Waals surface area contributed by atoms with E-state index in [0.29, 0.717) is 12.1 Å². The van der Waals surface area contributed by atoms with Crippen LogP contribution in [0.15, 0.2) is 24.3 Å². The van der Waals surface area contributed by atoms with E-state index in [9.17, 15) is 9.59 Å². The Hall–Kier alpha value is -2.08. The molecule has 2 atom stereocenters. The molecule has 0 saturated heterocycles. The van der Waals surface area contributed by atoms with Crippen molar-refractivity contribution < 1.29 is 14.3 Å². The van der Waals surface area contributed by atoms with Crippen LogP contribution in [0, 0.1) is 0 Å². The van der Waals surface area contributed by atoms with Gasteiger partial charge in [-0.3, -0.25) is 10.1 Å². The van der Waals surface area contributed by atoms with Gasteiger partial charge < -0.3 is 15.8 Å². The van der Waals surface area contributed by atoms with Crippen LogP contribution in [0.4, 0.5) is 10.5 Å². The second-order valence-corrected chi connectivity index (χ2v) is 4.48. The molecule has 0 aromatic heterocycles. The monoisotopic (exact) mass is 279 g/mol. The molecule has 0 aliphatic rings. The van der Waals surface area contributed by atoms with Crippen molar-refractivity contribution in [3.05, 3.63) is 29.8 Å². The topological polar surface area (TPSA) is 93.5 Å². The average Bonchev–Trinajstić information content (AvgIpc) is 2.43. The largest absolute Gasteiger partial charge is 0.468 e. The SMILES string of the molecule is CCC(NC(C)c1ccc(NC(N)=O)cc1)C(=O)OC. The number of benzene rings is 1. The molecule has 0 fully saturated rings. The van der Waals surface area contributed by atoms with E-state index in [-0.39, 0.29) is 18.1 Å². The van der Waals surface area contributed by atoms with Crippen molar-refractivity contribution in [1.82, 2.24) is 5.32 Å². The number of nitrogens with one attached hydrogen (secondary N) is 2. The van der Waals surface area contributed by atoms with Crippen LogP contribution in [-0.4, -0.2) is 25.2 Å². The third-order valence-electron chi connectivity index (χ3n) is 3.02. The fourth-order valence-electron chi connectivity index (χ4n) is 1.89. The van der Waals surface area contributed by atoms with Gasteiger partial charge in [-0.2, -0.15) is 0 Å². The summed E-state index contributed by atoms with van der Waals surface area (Å²) in [6, 6.07) is 6.31. The molecule has 0 aliphatic carbocycles. The number of nitrogens with two attached hydrogens (primary N) is 1. The Morgan fingerprint density at radius 2 is 1.90 bits per heavy atom. The number of hydrogen-bond acceptors (Lipinski definition) is 4. The van der Waals surface area contributed by atoms with Crippen molar-refractivity contribution in [1.29, 1.82) is 0 Å². The predicted molar refractivity (Wildman–Crippen MR) is 77.3 cm³/mol. The lowest BCUT2D eigenvalue weighted by Gasteiger charge is -2.20. The normalized spacial score (nSPS) is 13.3. The summed E-state index contributed by atoms with van der Waals surface area (Å²) in [7, 11) is 1.38. The third-order valence-corrected chi connectivity index (χ3v) is 3.02. The Labute approximate surface area is 118 Å². The van der Waals surface area contributed by atoms with Crippen molar-refractivity contribution in [2.45, 2.75) is 32.4 Å². The van der Waals surface area contributed by atoms with Gasteiger partial charge >= 0.3 is 12.0 Å². The van der Waals surface area contributed by atoms with Gasteiger partial charge in [-0.05, 0) is 31.0 Å². The molecule has 1 rings (SSSR count). The van der Waals surface area contributed by atoms with Crippen LogP contribution in [0.2, 0.25) is 0 Å². The van der Waals surface area contributed by atoms with Gasteiger partial charge in [-0.1, -0.05) is 19.1 Å². The number of carbonyl (C=O) groups is 2. The van der Waals surface area contributed by atoms with E-state index >= 15 is 0 Å². The van der Waals surface area contributed by atoms with Crippen LogP contribution in [0.25, 0.3) is 0 Å². The lowest BCUT2D eigenvalue weighted by Crippen LogP contribution is -2.38. The maximum atomic E-state index is 11.5. The van der Waals surface area contributed by atoms with E-state index < -0.39 is 6.03 Å². The lowest BCUT2D eigenvalue weighted by atomic mass is 10.1. The first-order chi connectivity index (χ1) is 9.47. The maximum absolute atomic E-state index is 11.5. The molecule has 0 spiro atoms. The molecule has 110 valence electrons. The first-order valence-electron chi connectivity index (χ1n) is 6.48. The molecule has 0 radical (unpaired) electrons. The van der Waals surface area contributed by atoms with Gasteiger partial charge in [-0.15, -0.1) is 0 Å². The highest BCUT2D eigenvalue weighted by atomic mass is 16.5. The molecule has 2 amide bonds. The number of primary amides is 1. The minimum Gasteiger partial charge on any atom is -0.468 e. The van der Waals surface area contributed by atoms with Gasteiger partial charge in [0.2, 0.25) is 0 Å². The third kappa shape index (κ3) is 4.55. The molecule has 0 saturated carbocycles. The number of rotatable bonds is 6. The number of amides is 2.